The average Bonchev–Trinajstić information content (AvgIpc) is 2.62. The third-order valence-electron chi connectivity index (χ3n) is 4.71. The maximum absolute atomic E-state index is 7.00. The van der Waals surface area contributed by atoms with Crippen LogP contribution in [-0.2, 0) is 6.54 Å². The first-order valence-corrected chi connectivity index (χ1v) is 8.69. The number of piperidine rings is 1. The Morgan fingerprint density at radius 1 is 1.46 bits per heavy atom. The minimum absolute atomic E-state index is 0.467. The zero-order valence-electron chi connectivity index (χ0n) is 14.8. The highest BCUT2D eigenvalue weighted by atomic mass is 15.3. The summed E-state index contributed by atoms with van der Waals surface area (Å²) >= 11 is 0. The zero-order chi connectivity index (χ0) is 17.4. The molecular formula is C19H29N5. The minimum Gasteiger partial charge on any atom is -0.402 e. The van der Waals surface area contributed by atoms with E-state index < -0.39 is 0 Å². The second-order valence-corrected chi connectivity index (χ2v) is 6.38. The molecule has 0 radical (unpaired) electrons. The van der Waals surface area contributed by atoms with Gasteiger partial charge in [-0.25, -0.2) is 0 Å². The molecule has 1 aliphatic rings. The van der Waals surface area contributed by atoms with E-state index in [2.05, 4.69) is 41.4 Å². The number of hydrogen-bond donors (Lipinski definition) is 3. The van der Waals surface area contributed by atoms with Crippen molar-refractivity contribution in [3.8, 4) is 0 Å². The molecule has 4 N–H and O–H groups in total. The molecule has 0 spiro atoms. The lowest BCUT2D eigenvalue weighted by Crippen LogP contribution is -2.37. The van der Waals surface area contributed by atoms with Crippen molar-refractivity contribution in [1.29, 1.82) is 5.41 Å². The fourth-order valence-electron chi connectivity index (χ4n) is 3.16. The van der Waals surface area contributed by atoms with Gasteiger partial charge in [0.2, 0.25) is 0 Å². The fraction of sp³-hybridized carbons (Fsp3) is 0.474. The van der Waals surface area contributed by atoms with Crippen LogP contribution < -0.4 is 11.2 Å². The lowest BCUT2D eigenvalue weighted by atomic mass is 9.91. The van der Waals surface area contributed by atoms with Crippen molar-refractivity contribution >= 4 is 18.1 Å². The quantitative estimate of drug-likeness (QED) is 0.529. The second-order valence-electron chi connectivity index (χ2n) is 6.38. The number of nitrogens with two attached hydrogens (primary N) is 1. The summed E-state index contributed by atoms with van der Waals surface area (Å²) < 4.78 is 0. The molecule has 1 fully saturated rings. The number of likely N-dealkylation sites (tertiary alicyclic amines) is 1. The van der Waals surface area contributed by atoms with Crippen molar-refractivity contribution in [3.05, 3.63) is 41.1 Å². The van der Waals surface area contributed by atoms with Gasteiger partial charge in [-0.3, -0.25) is 10.3 Å². The lowest BCUT2D eigenvalue weighted by molar-refractivity contribution is 0.183. The van der Waals surface area contributed by atoms with Crippen LogP contribution in [0.3, 0.4) is 0 Å². The van der Waals surface area contributed by atoms with E-state index in [0.717, 1.165) is 43.7 Å². The molecule has 0 saturated carbocycles. The Morgan fingerprint density at radius 2 is 2.25 bits per heavy atom. The molecule has 1 aromatic carbocycles. The summed E-state index contributed by atoms with van der Waals surface area (Å²) in [7, 11) is 0. The maximum atomic E-state index is 7.00. The summed E-state index contributed by atoms with van der Waals surface area (Å²) in [6.07, 6.45) is 6.00. The van der Waals surface area contributed by atoms with Crippen LogP contribution >= 0.6 is 0 Å². The predicted molar refractivity (Wildman–Crippen MR) is 103 cm³/mol. The van der Waals surface area contributed by atoms with Crippen molar-refractivity contribution < 1.29 is 0 Å². The Kier molecular flexibility index (Phi) is 7.00. The van der Waals surface area contributed by atoms with Crippen molar-refractivity contribution in [2.75, 3.05) is 18.5 Å². The van der Waals surface area contributed by atoms with Crippen LogP contribution in [0.1, 0.15) is 38.7 Å². The molecule has 24 heavy (non-hydrogen) atoms. The van der Waals surface area contributed by atoms with E-state index in [1.54, 1.807) is 0 Å². The summed E-state index contributed by atoms with van der Waals surface area (Å²) in [5.41, 5.74) is 14.0. The Hall–Kier alpha value is -2.14. The van der Waals surface area contributed by atoms with Gasteiger partial charge in [0.25, 0.3) is 0 Å². The summed E-state index contributed by atoms with van der Waals surface area (Å²) in [6.45, 7) is 7.32. The van der Waals surface area contributed by atoms with Gasteiger partial charge in [-0.15, -0.1) is 0 Å². The zero-order valence-corrected chi connectivity index (χ0v) is 14.8. The number of hydrazone groups is 1. The minimum atomic E-state index is 0.467. The number of allylic oxidation sites excluding steroid dienone is 1. The van der Waals surface area contributed by atoms with E-state index in [-0.39, 0.29) is 0 Å². The van der Waals surface area contributed by atoms with Crippen LogP contribution in [0, 0.1) is 11.3 Å². The van der Waals surface area contributed by atoms with Crippen molar-refractivity contribution in [2.45, 2.75) is 39.7 Å². The molecule has 1 saturated heterocycles. The molecule has 130 valence electrons. The van der Waals surface area contributed by atoms with E-state index in [9.17, 15) is 0 Å². The molecular weight excluding hydrogens is 298 g/mol. The highest BCUT2D eigenvalue weighted by Crippen LogP contribution is 2.26. The first kappa shape index (κ1) is 18.2. The third-order valence-corrected chi connectivity index (χ3v) is 4.71. The van der Waals surface area contributed by atoms with Crippen LogP contribution in [0.4, 0.5) is 5.69 Å². The molecule has 0 amide bonds. The van der Waals surface area contributed by atoms with E-state index in [0.29, 0.717) is 5.92 Å². The summed E-state index contributed by atoms with van der Waals surface area (Å²) in [4.78, 5) is 2.48. The van der Waals surface area contributed by atoms with Crippen LogP contribution in [0.2, 0.25) is 0 Å². The van der Waals surface area contributed by atoms with Crippen LogP contribution in [0.25, 0.3) is 0 Å². The first-order chi connectivity index (χ1) is 11.7. The lowest BCUT2D eigenvalue weighted by Gasteiger charge is -2.34. The summed E-state index contributed by atoms with van der Waals surface area (Å²) in [6, 6.07) is 8.20. The van der Waals surface area contributed by atoms with E-state index in [1.807, 2.05) is 12.1 Å². The highest BCUT2D eigenvalue weighted by molar-refractivity contribution is 6.14. The van der Waals surface area contributed by atoms with Crippen LogP contribution in [0.5, 0.6) is 0 Å². The second kappa shape index (κ2) is 9.23. The van der Waals surface area contributed by atoms with Crippen molar-refractivity contribution in [3.63, 3.8) is 0 Å². The molecule has 1 aliphatic heterocycles. The van der Waals surface area contributed by atoms with E-state index in [4.69, 9.17) is 11.1 Å². The standard InChI is InChI=1S/C19H29N5/c1-3-15(2)19(21)17-8-6-12-24(14-17)13-16-7-4-5-9-18(16)23-22-11-10-20/h4-5,7,9-11,17,20,23H,3,6,8,12-14,21H2,1-2H3/b19-15-,20-10?,22-11-. The van der Waals surface area contributed by atoms with Crippen LogP contribution in [-0.4, -0.2) is 30.4 Å². The Morgan fingerprint density at radius 3 is 3.00 bits per heavy atom. The van der Waals surface area contributed by atoms with Crippen molar-refractivity contribution in [2.24, 2.45) is 16.8 Å². The molecule has 1 heterocycles. The SMILES string of the molecule is CC/C(C)=C(\N)C1CCCN(Cc2ccccc2N/N=C\C=N)C1. The summed E-state index contributed by atoms with van der Waals surface area (Å²) in [5.74, 6) is 0.467. The van der Waals surface area contributed by atoms with Gasteiger partial charge in [-0.05, 0) is 44.4 Å². The van der Waals surface area contributed by atoms with Crippen molar-refractivity contribution in [1.82, 2.24) is 4.90 Å². The van der Waals surface area contributed by atoms with Gasteiger partial charge < -0.3 is 11.1 Å². The number of nitrogens with one attached hydrogen (secondary N) is 2. The molecule has 0 bridgehead atoms. The van der Waals surface area contributed by atoms with E-state index in [1.165, 1.54) is 30.2 Å². The molecule has 1 atom stereocenters. The number of rotatable bonds is 7. The van der Waals surface area contributed by atoms with Gasteiger partial charge in [-0.2, -0.15) is 5.10 Å². The number of hydrogen-bond acceptors (Lipinski definition) is 5. The number of anilines is 1. The van der Waals surface area contributed by atoms with Gasteiger partial charge >= 0.3 is 0 Å². The number of para-hydroxylation sites is 1. The molecule has 0 aliphatic carbocycles. The normalized spacial score (nSPS) is 20.0. The maximum Gasteiger partial charge on any atom is 0.0648 e. The predicted octanol–water partition coefficient (Wildman–Crippen LogP) is 3.59. The van der Waals surface area contributed by atoms with Gasteiger partial charge in [0, 0.05) is 30.9 Å². The Labute approximate surface area is 145 Å². The Bertz CT molecular complexity index is 606. The fourth-order valence-corrected chi connectivity index (χ4v) is 3.16. The molecule has 5 nitrogen and oxygen atoms in total. The van der Waals surface area contributed by atoms with E-state index >= 15 is 0 Å². The number of benzene rings is 1. The van der Waals surface area contributed by atoms with Gasteiger partial charge in [-0.1, -0.05) is 30.7 Å². The topological polar surface area (TPSA) is 77.5 Å². The molecule has 0 aromatic heterocycles. The van der Waals surface area contributed by atoms with Crippen LogP contribution in [0.15, 0.2) is 40.6 Å². The molecule has 1 aromatic rings. The van der Waals surface area contributed by atoms with Gasteiger partial charge in [0.05, 0.1) is 11.9 Å². The van der Waals surface area contributed by atoms with Gasteiger partial charge in [0.15, 0.2) is 0 Å². The number of nitrogens with zero attached hydrogens (tertiary/aromatic N) is 2. The third kappa shape index (κ3) is 4.93. The first-order valence-electron chi connectivity index (χ1n) is 8.69. The molecule has 1 unspecified atom stereocenters. The highest BCUT2D eigenvalue weighted by Gasteiger charge is 2.23. The molecule has 5 heteroatoms. The monoisotopic (exact) mass is 327 g/mol. The summed E-state index contributed by atoms with van der Waals surface area (Å²) in [5, 5.41) is 11.0. The average molecular weight is 327 g/mol. The smallest absolute Gasteiger partial charge is 0.0648 e. The van der Waals surface area contributed by atoms with Gasteiger partial charge in [0.1, 0.15) is 0 Å². The Balaban J connectivity index is 2.05. The molecule has 2 rings (SSSR count). The largest absolute Gasteiger partial charge is 0.402 e.